The number of hydrogen-bond acceptors (Lipinski definition) is 0. The van der Waals surface area contributed by atoms with Crippen LogP contribution < -0.4 is 0 Å². The molecule has 0 saturated carbocycles. The highest BCUT2D eigenvalue weighted by Gasteiger charge is 2.20. The zero-order valence-corrected chi connectivity index (χ0v) is 7.52. The summed E-state index contributed by atoms with van der Waals surface area (Å²) < 4.78 is 0. The predicted octanol–water partition coefficient (Wildman–Crippen LogP) is 3.43. The molecule has 0 spiro atoms. The Morgan fingerprint density at radius 3 is 2.67 bits per heavy atom. The number of hydrogen-bond donors (Lipinski definition) is 0. The second-order valence-electron chi connectivity index (χ2n) is 3.24. The molecule has 0 heteroatoms. The standard InChI is InChI=1S/C12H12/c1-4-10-9(3)11-7-5-6-8(2)12(10)11/h4-7H,1H2,2-3H3. The van der Waals surface area contributed by atoms with Crippen LogP contribution in [0.15, 0.2) is 30.9 Å². The SMILES string of the molecule is C=CC1=C(C)c2cccc(C)c21. The zero-order chi connectivity index (χ0) is 8.72. The van der Waals surface area contributed by atoms with Gasteiger partial charge in [0, 0.05) is 0 Å². The quantitative estimate of drug-likeness (QED) is 0.584. The van der Waals surface area contributed by atoms with Gasteiger partial charge in [0.1, 0.15) is 0 Å². The van der Waals surface area contributed by atoms with Crippen molar-refractivity contribution in [1.29, 1.82) is 0 Å². The van der Waals surface area contributed by atoms with Gasteiger partial charge in [-0.2, -0.15) is 0 Å². The third-order valence-corrected chi connectivity index (χ3v) is 2.55. The number of rotatable bonds is 1. The van der Waals surface area contributed by atoms with E-state index in [9.17, 15) is 0 Å². The summed E-state index contributed by atoms with van der Waals surface area (Å²) in [6.45, 7) is 8.11. The molecule has 0 amide bonds. The topological polar surface area (TPSA) is 0 Å². The van der Waals surface area contributed by atoms with Gasteiger partial charge >= 0.3 is 0 Å². The number of allylic oxidation sites excluding steroid dienone is 3. The van der Waals surface area contributed by atoms with Crippen molar-refractivity contribution in [2.24, 2.45) is 0 Å². The van der Waals surface area contributed by atoms with Gasteiger partial charge in [-0.25, -0.2) is 0 Å². The summed E-state index contributed by atoms with van der Waals surface area (Å²) in [5, 5.41) is 0. The van der Waals surface area contributed by atoms with Crippen molar-refractivity contribution in [2.45, 2.75) is 13.8 Å². The van der Waals surface area contributed by atoms with E-state index in [-0.39, 0.29) is 0 Å². The molecule has 0 aliphatic heterocycles. The second kappa shape index (κ2) is 2.34. The first-order valence-electron chi connectivity index (χ1n) is 4.19. The molecule has 0 heterocycles. The molecule has 0 fully saturated rings. The predicted molar refractivity (Wildman–Crippen MR) is 53.9 cm³/mol. The molecular formula is C12H12. The Kier molecular flexibility index (Phi) is 1.44. The van der Waals surface area contributed by atoms with Gasteiger partial charge in [-0.1, -0.05) is 30.9 Å². The van der Waals surface area contributed by atoms with Crippen LogP contribution in [0.2, 0.25) is 0 Å². The van der Waals surface area contributed by atoms with E-state index in [2.05, 4.69) is 38.6 Å². The molecular weight excluding hydrogens is 144 g/mol. The Bertz CT molecular complexity index is 381. The molecule has 12 heavy (non-hydrogen) atoms. The van der Waals surface area contributed by atoms with E-state index in [1.54, 1.807) is 0 Å². The minimum absolute atomic E-state index is 1.32. The first kappa shape index (κ1) is 7.35. The fourth-order valence-electron chi connectivity index (χ4n) is 1.86. The smallest absolute Gasteiger partial charge is 0.00766 e. The van der Waals surface area contributed by atoms with Gasteiger partial charge in [-0.05, 0) is 41.7 Å². The van der Waals surface area contributed by atoms with Gasteiger partial charge < -0.3 is 0 Å². The van der Waals surface area contributed by atoms with E-state index in [0.717, 1.165) is 0 Å². The molecule has 2 rings (SSSR count). The molecule has 1 aliphatic rings. The molecule has 1 aliphatic carbocycles. The van der Waals surface area contributed by atoms with Crippen LogP contribution in [-0.2, 0) is 0 Å². The monoisotopic (exact) mass is 156 g/mol. The zero-order valence-electron chi connectivity index (χ0n) is 7.52. The van der Waals surface area contributed by atoms with Crippen LogP contribution in [0.3, 0.4) is 0 Å². The number of fused-ring (bicyclic) bond motifs is 1. The molecule has 0 atom stereocenters. The summed E-state index contributed by atoms with van der Waals surface area (Å²) in [7, 11) is 0. The lowest BCUT2D eigenvalue weighted by Gasteiger charge is -2.25. The summed E-state index contributed by atoms with van der Waals surface area (Å²) in [5.74, 6) is 0. The molecule has 0 bridgehead atoms. The summed E-state index contributed by atoms with van der Waals surface area (Å²) >= 11 is 0. The van der Waals surface area contributed by atoms with Gasteiger partial charge in [0.15, 0.2) is 0 Å². The van der Waals surface area contributed by atoms with E-state index in [1.165, 1.54) is 27.8 Å². The third kappa shape index (κ3) is 0.724. The summed E-state index contributed by atoms with van der Waals surface area (Å²) in [5.41, 5.74) is 6.84. The minimum atomic E-state index is 1.32. The van der Waals surface area contributed by atoms with Crippen molar-refractivity contribution in [2.75, 3.05) is 0 Å². The van der Waals surface area contributed by atoms with Crippen molar-refractivity contribution in [3.8, 4) is 0 Å². The summed E-state index contributed by atoms with van der Waals surface area (Å²) in [4.78, 5) is 0. The molecule has 1 aromatic carbocycles. The molecule has 1 aromatic rings. The Morgan fingerprint density at radius 1 is 1.25 bits per heavy atom. The number of aryl methyl sites for hydroxylation is 1. The van der Waals surface area contributed by atoms with E-state index in [1.807, 2.05) is 6.08 Å². The van der Waals surface area contributed by atoms with Crippen molar-refractivity contribution in [1.82, 2.24) is 0 Å². The lowest BCUT2D eigenvalue weighted by atomic mass is 9.79. The van der Waals surface area contributed by atoms with Gasteiger partial charge in [0.25, 0.3) is 0 Å². The Hall–Kier alpha value is -1.30. The van der Waals surface area contributed by atoms with Crippen molar-refractivity contribution in [3.63, 3.8) is 0 Å². The Labute approximate surface area is 73.2 Å². The first-order valence-corrected chi connectivity index (χ1v) is 4.19. The van der Waals surface area contributed by atoms with Crippen molar-refractivity contribution >= 4 is 11.1 Å². The lowest BCUT2D eigenvalue weighted by Crippen LogP contribution is -2.04. The first-order chi connectivity index (χ1) is 5.75. The molecule has 0 unspecified atom stereocenters. The average Bonchev–Trinajstić information content (AvgIpc) is 2.07. The van der Waals surface area contributed by atoms with Gasteiger partial charge in [-0.15, -0.1) is 0 Å². The van der Waals surface area contributed by atoms with E-state index >= 15 is 0 Å². The van der Waals surface area contributed by atoms with Crippen LogP contribution in [0.4, 0.5) is 0 Å². The maximum atomic E-state index is 3.82. The van der Waals surface area contributed by atoms with E-state index in [4.69, 9.17) is 0 Å². The Balaban J connectivity index is 2.65. The van der Waals surface area contributed by atoms with Gasteiger partial charge in [0.2, 0.25) is 0 Å². The normalized spacial score (nSPS) is 13.8. The van der Waals surface area contributed by atoms with Crippen molar-refractivity contribution < 1.29 is 0 Å². The molecule has 0 saturated heterocycles. The molecule has 0 aromatic heterocycles. The molecule has 0 radical (unpaired) electrons. The van der Waals surface area contributed by atoms with Gasteiger partial charge in [-0.3, -0.25) is 0 Å². The van der Waals surface area contributed by atoms with Gasteiger partial charge in [0.05, 0.1) is 0 Å². The van der Waals surface area contributed by atoms with Crippen LogP contribution in [0.25, 0.3) is 11.1 Å². The highest BCUT2D eigenvalue weighted by molar-refractivity contribution is 6.07. The maximum absolute atomic E-state index is 3.82. The largest absolute Gasteiger partial charge is 0.0984 e. The van der Waals surface area contributed by atoms with Crippen LogP contribution in [-0.4, -0.2) is 0 Å². The number of benzene rings is 1. The molecule has 60 valence electrons. The highest BCUT2D eigenvalue weighted by Crippen LogP contribution is 2.42. The third-order valence-electron chi connectivity index (χ3n) is 2.55. The van der Waals surface area contributed by atoms with E-state index in [0.29, 0.717) is 0 Å². The van der Waals surface area contributed by atoms with Crippen LogP contribution in [0, 0.1) is 6.92 Å². The summed E-state index contributed by atoms with van der Waals surface area (Å²) in [6, 6.07) is 6.43. The molecule has 0 N–H and O–H groups in total. The average molecular weight is 156 g/mol. The van der Waals surface area contributed by atoms with Crippen molar-refractivity contribution in [3.05, 3.63) is 47.5 Å². The fourth-order valence-corrected chi connectivity index (χ4v) is 1.86. The maximum Gasteiger partial charge on any atom is -0.00766 e. The van der Waals surface area contributed by atoms with Crippen LogP contribution in [0.5, 0.6) is 0 Å². The Morgan fingerprint density at radius 2 is 2.00 bits per heavy atom. The highest BCUT2D eigenvalue weighted by atomic mass is 14.2. The lowest BCUT2D eigenvalue weighted by molar-refractivity contribution is 1.35. The minimum Gasteiger partial charge on any atom is -0.0984 e. The van der Waals surface area contributed by atoms with Crippen LogP contribution in [0.1, 0.15) is 23.6 Å². The van der Waals surface area contributed by atoms with Crippen LogP contribution >= 0.6 is 0 Å². The second-order valence-corrected chi connectivity index (χ2v) is 3.24. The molecule has 0 nitrogen and oxygen atoms in total. The van der Waals surface area contributed by atoms with E-state index < -0.39 is 0 Å². The fraction of sp³-hybridized carbons (Fsp3) is 0.167. The summed E-state index contributed by atoms with van der Waals surface area (Å²) in [6.07, 6.45) is 1.95.